The van der Waals surface area contributed by atoms with E-state index in [0.717, 1.165) is 35.5 Å². The Bertz CT molecular complexity index is 364. The van der Waals surface area contributed by atoms with Crippen molar-refractivity contribution in [3.8, 4) is 0 Å². The molecule has 0 amide bonds. The second kappa shape index (κ2) is 6.10. The molecule has 17 heavy (non-hydrogen) atoms. The number of aromatic nitrogens is 2. The molecule has 5 heteroatoms. The molecule has 0 spiro atoms. The molecular weight excluding hydrogens is 232 g/mol. The summed E-state index contributed by atoms with van der Waals surface area (Å²) in [6.45, 7) is 6.02. The average molecular weight is 252 g/mol. The Labute approximate surface area is 107 Å². The highest BCUT2D eigenvalue weighted by Crippen LogP contribution is 2.26. The van der Waals surface area contributed by atoms with E-state index in [1.165, 1.54) is 18.6 Å². The normalized spacial score (nSPS) is 19.3. The summed E-state index contributed by atoms with van der Waals surface area (Å²) in [6, 6.07) is 0. The van der Waals surface area contributed by atoms with Crippen molar-refractivity contribution in [3.05, 3.63) is 11.9 Å². The van der Waals surface area contributed by atoms with Gasteiger partial charge in [0, 0.05) is 23.9 Å². The maximum absolute atomic E-state index is 4.31. The van der Waals surface area contributed by atoms with Crippen molar-refractivity contribution in [3.63, 3.8) is 0 Å². The van der Waals surface area contributed by atoms with Crippen molar-refractivity contribution < 1.29 is 0 Å². The Kier molecular flexibility index (Phi) is 4.48. The van der Waals surface area contributed by atoms with E-state index in [1.54, 1.807) is 6.33 Å². The fourth-order valence-electron chi connectivity index (χ4n) is 1.99. The molecule has 0 bridgehead atoms. The minimum Gasteiger partial charge on any atom is -0.370 e. The van der Waals surface area contributed by atoms with Crippen LogP contribution in [0.25, 0.3) is 0 Å². The highest BCUT2D eigenvalue weighted by Gasteiger charge is 2.16. The number of hydrogen-bond donors (Lipinski definition) is 2. The highest BCUT2D eigenvalue weighted by atomic mass is 32.2. The molecule has 0 saturated carbocycles. The Morgan fingerprint density at radius 1 is 1.35 bits per heavy atom. The van der Waals surface area contributed by atoms with Gasteiger partial charge in [-0.1, -0.05) is 0 Å². The average Bonchev–Trinajstić information content (AvgIpc) is 2.83. The molecule has 1 unspecified atom stereocenters. The van der Waals surface area contributed by atoms with E-state index >= 15 is 0 Å². The third-order valence-corrected chi connectivity index (χ3v) is 4.35. The molecular formula is C12H20N4S. The summed E-state index contributed by atoms with van der Waals surface area (Å²) >= 11 is 2.06. The van der Waals surface area contributed by atoms with E-state index in [-0.39, 0.29) is 0 Å². The third-order valence-electron chi connectivity index (χ3n) is 2.95. The number of nitrogens with one attached hydrogen (secondary N) is 2. The Morgan fingerprint density at radius 3 is 2.76 bits per heavy atom. The quantitative estimate of drug-likeness (QED) is 0.843. The first kappa shape index (κ1) is 12.5. The van der Waals surface area contributed by atoms with Crippen LogP contribution >= 0.6 is 11.8 Å². The van der Waals surface area contributed by atoms with Crippen LogP contribution in [0, 0.1) is 6.92 Å². The molecule has 4 nitrogen and oxygen atoms in total. The molecule has 2 rings (SSSR count). The third kappa shape index (κ3) is 3.25. The zero-order valence-corrected chi connectivity index (χ0v) is 11.3. The molecule has 1 aromatic rings. The lowest BCUT2D eigenvalue weighted by atomic mass is 10.2. The second-order valence-electron chi connectivity index (χ2n) is 4.24. The summed E-state index contributed by atoms with van der Waals surface area (Å²) in [4.78, 5) is 8.55. The maximum atomic E-state index is 4.31. The van der Waals surface area contributed by atoms with Gasteiger partial charge >= 0.3 is 0 Å². The minimum absolute atomic E-state index is 0.743. The van der Waals surface area contributed by atoms with Gasteiger partial charge in [-0.3, -0.25) is 0 Å². The van der Waals surface area contributed by atoms with E-state index in [4.69, 9.17) is 0 Å². The molecule has 1 aromatic heterocycles. The lowest BCUT2D eigenvalue weighted by Crippen LogP contribution is -2.16. The smallest absolute Gasteiger partial charge is 0.134 e. The number of hydrogen-bond acceptors (Lipinski definition) is 5. The van der Waals surface area contributed by atoms with Crippen molar-refractivity contribution >= 4 is 23.4 Å². The largest absolute Gasteiger partial charge is 0.370 e. The first-order chi connectivity index (χ1) is 8.31. The summed E-state index contributed by atoms with van der Waals surface area (Å²) in [5.74, 6) is 3.20. The molecule has 94 valence electrons. The van der Waals surface area contributed by atoms with Crippen LogP contribution in [0.4, 0.5) is 11.6 Å². The Morgan fingerprint density at radius 2 is 2.12 bits per heavy atom. The molecule has 1 saturated heterocycles. The van der Waals surface area contributed by atoms with Crippen LogP contribution in [-0.4, -0.2) is 34.1 Å². The SMILES string of the molecule is CCNc1ncnc(NCC2CCCS2)c1C. The predicted octanol–water partition coefficient (Wildman–Crippen LogP) is 2.52. The van der Waals surface area contributed by atoms with Crippen LogP contribution in [0.15, 0.2) is 6.33 Å². The standard InChI is InChI=1S/C12H20N4S/c1-3-13-11-9(2)12(16-8-15-11)14-7-10-5-4-6-17-10/h8,10H,3-7H2,1-2H3,(H2,13,14,15,16). The first-order valence-corrected chi connectivity index (χ1v) is 7.27. The van der Waals surface area contributed by atoms with Gasteiger partial charge in [0.1, 0.15) is 18.0 Å². The lowest BCUT2D eigenvalue weighted by Gasteiger charge is -2.14. The molecule has 2 N–H and O–H groups in total. The molecule has 0 radical (unpaired) electrons. The van der Waals surface area contributed by atoms with Gasteiger partial charge in [-0.25, -0.2) is 9.97 Å². The summed E-state index contributed by atoms with van der Waals surface area (Å²) in [7, 11) is 0. The molecule has 1 aliphatic rings. The number of anilines is 2. The van der Waals surface area contributed by atoms with Crippen LogP contribution < -0.4 is 10.6 Å². The Balaban J connectivity index is 1.97. The van der Waals surface area contributed by atoms with Gasteiger partial charge in [-0.2, -0.15) is 11.8 Å². The van der Waals surface area contributed by atoms with E-state index in [1.807, 2.05) is 0 Å². The van der Waals surface area contributed by atoms with Crippen molar-refractivity contribution in [2.24, 2.45) is 0 Å². The van der Waals surface area contributed by atoms with Crippen molar-refractivity contribution in [1.82, 2.24) is 9.97 Å². The van der Waals surface area contributed by atoms with Crippen LogP contribution in [0.3, 0.4) is 0 Å². The van der Waals surface area contributed by atoms with Crippen LogP contribution in [0.1, 0.15) is 25.3 Å². The van der Waals surface area contributed by atoms with Gasteiger partial charge in [0.05, 0.1) is 0 Å². The fourth-order valence-corrected chi connectivity index (χ4v) is 3.19. The summed E-state index contributed by atoms with van der Waals surface area (Å²) < 4.78 is 0. The number of rotatable bonds is 5. The van der Waals surface area contributed by atoms with Gasteiger partial charge in [0.25, 0.3) is 0 Å². The molecule has 1 aliphatic heterocycles. The molecule has 1 fully saturated rings. The van der Waals surface area contributed by atoms with Gasteiger partial charge in [-0.05, 0) is 32.4 Å². The van der Waals surface area contributed by atoms with Crippen molar-refractivity contribution in [2.75, 3.05) is 29.5 Å². The van der Waals surface area contributed by atoms with Crippen molar-refractivity contribution in [1.29, 1.82) is 0 Å². The first-order valence-electron chi connectivity index (χ1n) is 6.22. The van der Waals surface area contributed by atoms with E-state index in [2.05, 4.69) is 46.2 Å². The summed E-state index contributed by atoms with van der Waals surface area (Å²) in [5.41, 5.74) is 1.11. The van der Waals surface area contributed by atoms with E-state index in [0.29, 0.717) is 0 Å². The number of thioether (sulfide) groups is 1. The fraction of sp³-hybridized carbons (Fsp3) is 0.667. The minimum atomic E-state index is 0.743. The molecule has 1 atom stereocenters. The topological polar surface area (TPSA) is 49.8 Å². The second-order valence-corrected chi connectivity index (χ2v) is 5.65. The van der Waals surface area contributed by atoms with Crippen molar-refractivity contribution in [2.45, 2.75) is 31.9 Å². The predicted molar refractivity (Wildman–Crippen MR) is 74.9 cm³/mol. The monoisotopic (exact) mass is 252 g/mol. The van der Waals surface area contributed by atoms with Crippen LogP contribution in [0.2, 0.25) is 0 Å². The van der Waals surface area contributed by atoms with E-state index in [9.17, 15) is 0 Å². The Hall–Kier alpha value is -0.970. The zero-order chi connectivity index (χ0) is 12.1. The van der Waals surface area contributed by atoms with Crippen LogP contribution in [-0.2, 0) is 0 Å². The van der Waals surface area contributed by atoms with E-state index < -0.39 is 0 Å². The van der Waals surface area contributed by atoms with Gasteiger partial charge in [0.15, 0.2) is 0 Å². The molecule has 0 aromatic carbocycles. The summed E-state index contributed by atoms with van der Waals surface area (Å²) in [6.07, 6.45) is 4.29. The highest BCUT2D eigenvalue weighted by molar-refractivity contribution is 8.00. The number of nitrogens with zero attached hydrogens (tertiary/aromatic N) is 2. The van der Waals surface area contributed by atoms with Gasteiger partial charge < -0.3 is 10.6 Å². The zero-order valence-electron chi connectivity index (χ0n) is 10.5. The lowest BCUT2D eigenvalue weighted by molar-refractivity contribution is 0.802. The van der Waals surface area contributed by atoms with Crippen LogP contribution in [0.5, 0.6) is 0 Å². The van der Waals surface area contributed by atoms with Gasteiger partial charge in [-0.15, -0.1) is 0 Å². The maximum Gasteiger partial charge on any atom is 0.134 e. The summed E-state index contributed by atoms with van der Waals surface area (Å²) in [5, 5.41) is 7.43. The molecule has 0 aliphatic carbocycles. The molecule has 2 heterocycles. The van der Waals surface area contributed by atoms with Gasteiger partial charge in [0.2, 0.25) is 0 Å².